The van der Waals surface area contributed by atoms with E-state index < -0.39 is 0 Å². The summed E-state index contributed by atoms with van der Waals surface area (Å²) in [7, 11) is 0. The Bertz CT molecular complexity index is 659. The number of benzene rings is 1. The fourth-order valence-corrected chi connectivity index (χ4v) is 3.38. The molecule has 1 heterocycles. The maximum absolute atomic E-state index is 12.0. The molecule has 0 spiro atoms. The van der Waals surface area contributed by atoms with Crippen LogP contribution in [0.3, 0.4) is 0 Å². The third-order valence-corrected chi connectivity index (χ3v) is 4.87. The van der Waals surface area contributed by atoms with Crippen LogP contribution in [0.2, 0.25) is 0 Å². The molecule has 4 heteroatoms. The second-order valence-corrected chi connectivity index (χ2v) is 6.97. The lowest BCUT2D eigenvalue weighted by molar-refractivity contribution is -0.121. The molecule has 4 nitrogen and oxygen atoms in total. The van der Waals surface area contributed by atoms with Crippen molar-refractivity contribution in [3.63, 3.8) is 0 Å². The first-order chi connectivity index (χ1) is 12.8. The average Bonchev–Trinajstić information content (AvgIpc) is 3.17. The van der Waals surface area contributed by atoms with Crippen LogP contribution in [0.15, 0.2) is 46.9 Å². The molecule has 140 valence electrons. The molecule has 0 radical (unpaired) electrons. The summed E-state index contributed by atoms with van der Waals surface area (Å²) in [6.07, 6.45) is 8.71. The van der Waals surface area contributed by atoms with Crippen molar-refractivity contribution in [3.05, 3.63) is 48.2 Å². The number of carbonyl (C=O) groups excluding carboxylic acids is 1. The highest BCUT2D eigenvalue weighted by atomic mass is 16.5. The van der Waals surface area contributed by atoms with Crippen LogP contribution in [0.25, 0.3) is 11.3 Å². The fraction of sp³-hybridized carbons (Fsp3) is 0.500. The van der Waals surface area contributed by atoms with E-state index in [2.05, 4.69) is 5.32 Å². The first-order valence-corrected chi connectivity index (χ1v) is 9.84. The van der Waals surface area contributed by atoms with Crippen molar-refractivity contribution < 1.29 is 13.9 Å². The number of rotatable bonds is 9. The van der Waals surface area contributed by atoms with Gasteiger partial charge in [-0.1, -0.05) is 49.6 Å². The van der Waals surface area contributed by atoms with E-state index in [-0.39, 0.29) is 5.91 Å². The normalized spacial score (nSPS) is 15.1. The van der Waals surface area contributed by atoms with Crippen molar-refractivity contribution in [2.75, 3.05) is 13.2 Å². The molecule has 1 saturated carbocycles. The summed E-state index contributed by atoms with van der Waals surface area (Å²) in [5, 5.41) is 2.97. The summed E-state index contributed by atoms with van der Waals surface area (Å²) in [5.74, 6) is 1.76. The molecule has 2 aromatic rings. The van der Waals surface area contributed by atoms with Gasteiger partial charge in [0, 0.05) is 31.6 Å². The molecular formula is C22H29NO3. The van der Waals surface area contributed by atoms with Gasteiger partial charge in [-0.25, -0.2) is 0 Å². The van der Waals surface area contributed by atoms with Gasteiger partial charge in [0.1, 0.15) is 11.5 Å². The Morgan fingerprint density at radius 3 is 2.69 bits per heavy atom. The molecule has 0 atom stereocenters. The number of aryl methyl sites for hydroxylation is 1. The molecule has 0 saturated heterocycles. The molecule has 26 heavy (non-hydrogen) atoms. The molecule has 3 rings (SSSR count). The first-order valence-electron chi connectivity index (χ1n) is 9.84. The van der Waals surface area contributed by atoms with Crippen molar-refractivity contribution >= 4 is 5.91 Å². The lowest BCUT2D eigenvalue weighted by Crippen LogP contribution is -2.26. The third-order valence-electron chi connectivity index (χ3n) is 4.87. The van der Waals surface area contributed by atoms with Gasteiger partial charge in [0.15, 0.2) is 0 Å². The third kappa shape index (κ3) is 6.03. The van der Waals surface area contributed by atoms with Crippen LogP contribution < -0.4 is 5.32 Å². The Morgan fingerprint density at radius 1 is 1.08 bits per heavy atom. The minimum absolute atomic E-state index is 0.0697. The second kappa shape index (κ2) is 10.2. The monoisotopic (exact) mass is 355 g/mol. The van der Waals surface area contributed by atoms with Crippen molar-refractivity contribution in [2.24, 2.45) is 0 Å². The average molecular weight is 355 g/mol. The summed E-state index contributed by atoms with van der Waals surface area (Å²) >= 11 is 0. The topological polar surface area (TPSA) is 51.5 Å². The van der Waals surface area contributed by atoms with E-state index in [1.165, 1.54) is 32.1 Å². The maximum atomic E-state index is 12.0. The number of hydrogen-bond donors (Lipinski definition) is 1. The molecule has 1 amide bonds. The van der Waals surface area contributed by atoms with Crippen LogP contribution in [0, 0.1) is 0 Å². The number of nitrogens with one attached hydrogen (secondary N) is 1. The standard InChI is InChI=1S/C22H29NO3/c24-22(23-16-7-17-25-19-10-5-2-6-11-19)15-13-20-12-14-21(26-20)18-8-3-1-4-9-18/h1,3-4,8-9,12,14,19H,2,5-7,10-11,13,15-17H2,(H,23,24). The van der Waals surface area contributed by atoms with Crippen LogP contribution in [-0.4, -0.2) is 25.2 Å². The van der Waals surface area contributed by atoms with Gasteiger partial charge in [0.25, 0.3) is 0 Å². The molecule has 1 aromatic heterocycles. The van der Waals surface area contributed by atoms with Crippen molar-refractivity contribution in [3.8, 4) is 11.3 Å². The Morgan fingerprint density at radius 2 is 1.88 bits per heavy atom. The van der Waals surface area contributed by atoms with Gasteiger partial charge in [-0.05, 0) is 31.4 Å². The zero-order chi connectivity index (χ0) is 18.0. The van der Waals surface area contributed by atoms with E-state index in [0.717, 1.165) is 30.1 Å². The highest BCUT2D eigenvalue weighted by molar-refractivity contribution is 5.76. The lowest BCUT2D eigenvalue weighted by Gasteiger charge is -2.21. The molecule has 1 aliphatic rings. The summed E-state index contributed by atoms with van der Waals surface area (Å²) in [6.45, 7) is 1.42. The zero-order valence-corrected chi connectivity index (χ0v) is 15.4. The summed E-state index contributed by atoms with van der Waals surface area (Å²) in [6, 6.07) is 13.9. The summed E-state index contributed by atoms with van der Waals surface area (Å²) < 4.78 is 11.7. The largest absolute Gasteiger partial charge is 0.461 e. The lowest BCUT2D eigenvalue weighted by atomic mass is 9.98. The van der Waals surface area contributed by atoms with E-state index in [9.17, 15) is 4.79 Å². The molecule has 1 aromatic carbocycles. The molecule has 1 N–H and O–H groups in total. The molecule has 0 unspecified atom stereocenters. The van der Waals surface area contributed by atoms with Crippen LogP contribution >= 0.6 is 0 Å². The van der Waals surface area contributed by atoms with E-state index in [0.29, 0.717) is 25.5 Å². The fourth-order valence-electron chi connectivity index (χ4n) is 3.38. The highest BCUT2D eigenvalue weighted by Gasteiger charge is 2.13. The number of amides is 1. The quantitative estimate of drug-likeness (QED) is 0.661. The van der Waals surface area contributed by atoms with Crippen LogP contribution in [0.4, 0.5) is 0 Å². The van der Waals surface area contributed by atoms with Crippen molar-refractivity contribution in [2.45, 2.75) is 57.5 Å². The second-order valence-electron chi connectivity index (χ2n) is 6.97. The zero-order valence-electron chi connectivity index (χ0n) is 15.4. The smallest absolute Gasteiger partial charge is 0.220 e. The first kappa shape index (κ1) is 18.7. The van der Waals surface area contributed by atoms with Gasteiger partial charge < -0.3 is 14.5 Å². The number of carbonyl (C=O) groups is 1. The molecular weight excluding hydrogens is 326 g/mol. The van der Waals surface area contributed by atoms with Gasteiger partial charge in [-0.15, -0.1) is 0 Å². The Hall–Kier alpha value is -2.07. The molecule has 1 fully saturated rings. The Kier molecular flexibility index (Phi) is 7.32. The van der Waals surface area contributed by atoms with Gasteiger partial charge in [0.05, 0.1) is 6.10 Å². The molecule has 1 aliphatic carbocycles. The number of furan rings is 1. The maximum Gasteiger partial charge on any atom is 0.220 e. The van der Waals surface area contributed by atoms with Crippen molar-refractivity contribution in [1.82, 2.24) is 5.32 Å². The van der Waals surface area contributed by atoms with E-state index in [4.69, 9.17) is 9.15 Å². The molecule has 0 bridgehead atoms. The van der Waals surface area contributed by atoms with E-state index in [1.54, 1.807) is 0 Å². The van der Waals surface area contributed by atoms with Crippen LogP contribution in [-0.2, 0) is 16.0 Å². The van der Waals surface area contributed by atoms with E-state index in [1.807, 2.05) is 42.5 Å². The highest BCUT2D eigenvalue weighted by Crippen LogP contribution is 2.22. The van der Waals surface area contributed by atoms with Gasteiger partial charge in [-0.3, -0.25) is 4.79 Å². The van der Waals surface area contributed by atoms with Gasteiger partial charge in [-0.2, -0.15) is 0 Å². The number of ether oxygens (including phenoxy) is 1. The molecule has 0 aliphatic heterocycles. The van der Waals surface area contributed by atoms with Crippen LogP contribution in [0.5, 0.6) is 0 Å². The predicted molar refractivity (Wildman–Crippen MR) is 103 cm³/mol. The SMILES string of the molecule is O=C(CCc1ccc(-c2ccccc2)o1)NCCCOC1CCCCC1. The predicted octanol–water partition coefficient (Wildman–Crippen LogP) is 4.73. The van der Waals surface area contributed by atoms with Gasteiger partial charge >= 0.3 is 0 Å². The summed E-state index contributed by atoms with van der Waals surface area (Å²) in [5.41, 5.74) is 1.06. The van der Waals surface area contributed by atoms with Gasteiger partial charge in [0.2, 0.25) is 5.91 Å². The minimum atomic E-state index is 0.0697. The number of hydrogen-bond acceptors (Lipinski definition) is 3. The van der Waals surface area contributed by atoms with Crippen molar-refractivity contribution in [1.29, 1.82) is 0 Å². The summed E-state index contributed by atoms with van der Waals surface area (Å²) in [4.78, 5) is 12.0. The Labute approximate surface area is 155 Å². The Balaban J connectivity index is 1.29. The van der Waals surface area contributed by atoms with Crippen LogP contribution in [0.1, 0.15) is 50.7 Å². The minimum Gasteiger partial charge on any atom is -0.461 e. The van der Waals surface area contributed by atoms with E-state index >= 15 is 0 Å².